The minimum atomic E-state index is -0.0371. The Morgan fingerprint density at radius 1 is 1.39 bits per heavy atom. The lowest BCUT2D eigenvalue weighted by Gasteiger charge is -2.32. The first-order chi connectivity index (χ1) is 11.1. The van der Waals surface area contributed by atoms with E-state index in [0.29, 0.717) is 22.9 Å². The summed E-state index contributed by atoms with van der Waals surface area (Å²) in [6.45, 7) is 1.42. The first kappa shape index (κ1) is 15.9. The molecule has 6 heteroatoms. The van der Waals surface area contributed by atoms with Crippen LogP contribution in [0.3, 0.4) is 0 Å². The van der Waals surface area contributed by atoms with Gasteiger partial charge >= 0.3 is 0 Å². The molecular formula is C17H20ClN3O2. The molecule has 5 nitrogen and oxygen atoms in total. The Labute approximate surface area is 140 Å². The van der Waals surface area contributed by atoms with Crippen LogP contribution in [0, 0.1) is 0 Å². The highest BCUT2D eigenvalue weighted by atomic mass is 35.5. The fourth-order valence-electron chi connectivity index (χ4n) is 3.07. The third-order valence-electron chi connectivity index (χ3n) is 4.25. The quantitative estimate of drug-likeness (QED) is 0.867. The Hall–Kier alpha value is -2.01. The average Bonchev–Trinajstić information content (AvgIpc) is 3.01. The van der Waals surface area contributed by atoms with Crippen molar-refractivity contribution < 1.29 is 9.53 Å². The highest BCUT2D eigenvalue weighted by molar-refractivity contribution is 6.31. The molecule has 1 saturated heterocycles. The van der Waals surface area contributed by atoms with Gasteiger partial charge in [0.2, 0.25) is 0 Å². The van der Waals surface area contributed by atoms with Gasteiger partial charge in [0.15, 0.2) is 0 Å². The molecule has 0 saturated carbocycles. The van der Waals surface area contributed by atoms with Crippen LogP contribution in [0.4, 0.5) is 0 Å². The second-order valence-corrected chi connectivity index (χ2v) is 6.29. The zero-order valence-corrected chi connectivity index (χ0v) is 14.1. The summed E-state index contributed by atoms with van der Waals surface area (Å²) in [7, 11) is 3.47. The fraction of sp³-hybridized carbons (Fsp3) is 0.412. The third kappa shape index (κ3) is 3.34. The summed E-state index contributed by atoms with van der Waals surface area (Å²) in [5.74, 6) is 0.795. The number of methoxy groups -OCH3 is 1. The molecule has 1 amide bonds. The van der Waals surface area contributed by atoms with Crippen molar-refractivity contribution in [1.82, 2.24) is 14.7 Å². The van der Waals surface area contributed by atoms with Gasteiger partial charge in [0, 0.05) is 37.3 Å². The van der Waals surface area contributed by atoms with E-state index in [2.05, 4.69) is 5.10 Å². The third-order valence-corrected chi connectivity index (χ3v) is 4.49. The van der Waals surface area contributed by atoms with Crippen LogP contribution in [0.1, 0.15) is 34.8 Å². The number of aryl methyl sites for hydroxylation is 1. The number of benzene rings is 1. The summed E-state index contributed by atoms with van der Waals surface area (Å²) in [6, 6.07) is 7.16. The molecule has 0 unspecified atom stereocenters. The number of likely N-dealkylation sites (tertiary alicyclic amines) is 1. The molecule has 0 bridgehead atoms. The Morgan fingerprint density at radius 3 is 2.91 bits per heavy atom. The van der Waals surface area contributed by atoms with Gasteiger partial charge in [-0.1, -0.05) is 11.6 Å². The molecule has 0 spiro atoms. The lowest BCUT2D eigenvalue weighted by Crippen LogP contribution is -2.39. The SMILES string of the molecule is COc1ccc(Cl)cc1C(=O)N1CCC[C@H](c2ccn(C)n2)C1. The number of rotatable bonds is 3. The molecule has 0 radical (unpaired) electrons. The van der Waals surface area contributed by atoms with Crippen LogP contribution in [0.25, 0.3) is 0 Å². The van der Waals surface area contributed by atoms with Gasteiger partial charge in [-0.15, -0.1) is 0 Å². The molecule has 1 fully saturated rings. The number of hydrogen-bond donors (Lipinski definition) is 0. The summed E-state index contributed by atoms with van der Waals surface area (Å²) in [5, 5.41) is 5.02. The summed E-state index contributed by atoms with van der Waals surface area (Å²) >= 11 is 6.05. The Kier molecular flexibility index (Phi) is 4.57. The van der Waals surface area contributed by atoms with E-state index in [1.807, 2.05) is 24.2 Å². The molecule has 122 valence electrons. The topological polar surface area (TPSA) is 47.4 Å². The molecular weight excluding hydrogens is 314 g/mol. The van der Waals surface area contributed by atoms with E-state index >= 15 is 0 Å². The smallest absolute Gasteiger partial charge is 0.257 e. The molecule has 2 heterocycles. The van der Waals surface area contributed by atoms with Crippen molar-refractivity contribution in [3.05, 3.63) is 46.7 Å². The van der Waals surface area contributed by atoms with Gasteiger partial charge in [-0.3, -0.25) is 9.48 Å². The lowest BCUT2D eigenvalue weighted by atomic mass is 9.94. The highest BCUT2D eigenvalue weighted by Crippen LogP contribution is 2.29. The number of hydrogen-bond acceptors (Lipinski definition) is 3. The van der Waals surface area contributed by atoms with Crippen molar-refractivity contribution in [3.8, 4) is 5.75 Å². The standard InChI is InChI=1S/C17H20ClN3O2/c1-20-9-7-15(19-20)12-4-3-8-21(11-12)17(22)14-10-13(18)5-6-16(14)23-2/h5-7,9-10,12H,3-4,8,11H2,1-2H3/t12-/m0/s1. The van der Waals surface area contributed by atoms with Gasteiger partial charge in [-0.25, -0.2) is 0 Å². The molecule has 23 heavy (non-hydrogen) atoms. The van der Waals surface area contributed by atoms with Gasteiger partial charge in [0.05, 0.1) is 18.4 Å². The summed E-state index contributed by atoms with van der Waals surface area (Å²) in [4.78, 5) is 14.7. The van der Waals surface area contributed by atoms with Crippen LogP contribution in [-0.2, 0) is 7.05 Å². The van der Waals surface area contributed by atoms with Crippen molar-refractivity contribution in [1.29, 1.82) is 0 Å². The maximum Gasteiger partial charge on any atom is 0.257 e. The maximum atomic E-state index is 12.9. The predicted octanol–water partition coefficient (Wildman–Crippen LogP) is 3.10. The summed E-state index contributed by atoms with van der Waals surface area (Å²) in [5.41, 5.74) is 1.56. The van der Waals surface area contributed by atoms with Gasteiger partial charge in [-0.2, -0.15) is 5.10 Å². The van der Waals surface area contributed by atoms with Crippen LogP contribution in [0.2, 0.25) is 5.02 Å². The van der Waals surface area contributed by atoms with Gasteiger partial charge in [0.25, 0.3) is 5.91 Å². The molecule has 0 N–H and O–H groups in total. The number of nitrogens with zero attached hydrogens (tertiary/aromatic N) is 3. The van der Waals surface area contributed by atoms with E-state index < -0.39 is 0 Å². The molecule has 1 atom stereocenters. The van der Waals surface area contributed by atoms with Crippen LogP contribution < -0.4 is 4.74 Å². The molecule has 1 aliphatic rings. The minimum Gasteiger partial charge on any atom is -0.496 e. The highest BCUT2D eigenvalue weighted by Gasteiger charge is 2.28. The fourth-order valence-corrected chi connectivity index (χ4v) is 3.24. The number of amides is 1. The Bertz CT molecular complexity index is 714. The molecule has 0 aliphatic carbocycles. The molecule has 1 aliphatic heterocycles. The molecule has 2 aromatic rings. The van der Waals surface area contributed by atoms with Crippen molar-refractivity contribution in [2.45, 2.75) is 18.8 Å². The maximum absolute atomic E-state index is 12.9. The first-order valence-electron chi connectivity index (χ1n) is 7.71. The average molecular weight is 334 g/mol. The van der Waals surface area contributed by atoms with E-state index in [0.717, 1.165) is 25.1 Å². The summed E-state index contributed by atoms with van der Waals surface area (Å²) in [6.07, 6.45) is 3.96. The normalized spacial score (nSPS) is 18.0. The number of ether oxygens (including phenoxy) is 1. The summed E-state index contributed by atoms with van der Waals surface area (Å²) < 4.78 is 7.11. The van der Waals surface area contributed by atoms with E-state index in [1.54, 1.807) is 30.0 Å². The molecule has 3 rings (SSSR count). The Balaban J connectivity index is 1.81. The van der Waals surface area contributed by atoms with E-state index in [4.69, 9.17) is 16.3 Å². The zero-order chi connectivity index (χ0) is 16.4. The number of halogens is 1. The first-order valence-corrected chi connectivity index (χ1v) is 8.08. The van der Waals surface area contributed by atoms with Gasteiger partial charge in [0.1, 0.15) is 5.75 Å². The van der Waals surface area contributed by atoms with E-state index in [-0.39, 0.29) is 11.8 Å². The van der Waals surface area contributed by atoms with Crippen LogP contribution in [0.5, 0.6) is 5.75 Å². The number of aromatic nitrogens is 2. The van der Waals surface area contributed by atoms with Crippen molar-refractivity contribution in [2.24, 2.45) is 7.05 Å². The van der Waals surface area contributed by atoms with Crippen molar-refractivity contribution in [3.63, 3.8) is 0 Å². The second kappa shape index (κ2) is 6.62. The van der Waals surface area contributed by atoms with Gasteiger partial charge in [-0.05, 0) is 37.1 Å². The second-order valence-electron chi connectivity index (χ2n) is 5.85. The largest absolute Gasteiger partial charge is 0.496 e. The van der Waals surface area contributed by atoms with Crippen LogP contribution >= 0.6 is 11.6 Å². The number of carbonyl (C=O) groups excluding carboxylic acids is 1. The molecule has 1 aromatic carbocycles. The van der Waals surface area contributed by atoms with E-state index in [9.17, 15) is 4.79 Å². The van der Waals surface area contributed by atoms with E-state index in [1.165, 1.54) is 0 Å². The van der Waals surface area contributed by atoms with Crippen LogP contribution in [-0.4, -0.2) is 40.8 Å². The number of piperidine rings is 1. The van der Waals surface area contributed by atoms with Gasteiger partial charge < -0.3 is 9.64 Å². The Morgan fingerprint density at radius 2 is 2.22 bits per heavy atom. The van der Waals surface area contributed by atoms with Crippen molar-refractivity contribution in [2.75, 3.05) is 20.2 Å². The zero-order valence-electron chi connectivity index (χ0n) is 13.3. The van der Waals surface area contributed by atoms with Crippen LogP contribution in [0.15, 0.2) is 30.5 Å². The number of carbonyl (C=O) groups is 1. The van der Waals surface area contributed by atoms with Crippen molar-refractivity contribution >= 4 is 17.5 Å². The molecule has 1 aromatic heterocycles. The minimum absolute atomic E-state index is 0.0371. The monoisotopic (exact) mass is 333 g/mol. The lowest BCUT2D eigenvalue weighted by molar-refractivity contribution is 0.0702. The predicted molar refractivity (Wildman–Crippen MR) is 89.1 cm³/mol.